The number of benzene rings is 3. The van der Waals surface area contributed by atoms with Gasteiger partial charge in [0.1, 0.15) is 17.2 Å². The van der Waals surface area contributed by atoms with E-state index in [1.165, 1.54) is 6.21 Å². The van der Waals surface area contributed by atoms with Crippen molar-refractivity contribution in [1.29, 1.82) is 0 Å². The van der Waals surface area contributed by atoms with Gasteiger partial charge in [-0.15, -0.1) is 0 Å². The van der Waals surface area contributed by atoms with Crippen LogP contribution in [0.15, 0.2) is 71.8 Å². The summed E-state index contributed by atoms with van der Waals surface area (Å²) in [6.07, 6.45) is 1.10. The molecule has 0 bridgehead atoms. The van der Waals surface area contributed by atoms with Gasteiger partial charge >= 0.3 is 5.97 Å². The first-order chi connectivity index (χ1) is 16.4. The van der Waals surface area contributed by atoms with Gasteiger partial charge in [-0.25, -0.2) is 10.2 Å². The van der Waals surface area contributed by atoms with Crippen LogP contribution < -0.4 is 19.6 Å². The van der Waals surface area contributed by atoms with Crippen LogP contribution in [0.1, 0.15) is 29.3 Å². The van der Waals surface area contributed by atoms with E-state index in [1.54, 1.807) is 73.8 Å². The van der Waals surface area contributed by atoms with Crippen molar-refractivity contribution in [2.24, 2.45) is 5.10 Å². The smallest absolute Gasteiger partial charge is 0.343 e. The Morgan fingerprint density at radius 1 is 1.00 bits per heavy atom. The average molecular weight is 501 g/mol. The molecule has 0 radical (unpaired) electrons. The number of hydrogen-bond donors (Lipinski definition) is 1. The quantitative estimate of drug-likeness (QED) is 0.180. The number of hydrazone groups is 1. The van der Waals surface area contributed by atoms with Crippen LogP contribution in [0.4, 0.5) is 0 Å². The Bertz CT molecular complexity index is 1160. The van der Waals surface area contributed by atoms with Gasteiger partial charge < -0.3 is 14.2 Å². The number of rotatable bonds is 9. The third-order valence-corrected chi connectivity index (χ3v) is 5.16. The maximum Gasteiger partial charge on any atom is 0.343 e. The number of halogens is 2. The lowest BCUT2D eigenvalue weighted by atomic mass is 10.2. The predicted octanol–water partition coefficient (Wildman–Crippen LogP) is 5.53. The molecule has 0 spiro atoms. The lowest BCUT2D eigenvalue weighted by molar-refractivity contribution is -0.128. The van der Waals surface area contributed by atoms with Crippen LogP contribution in [0.25, 0.3) is 0 Å². The van der Waals surface area contributed by atoms with Gasteiger partial charge in [0.25, 0.3) is 5.91 Å². The van der Waals surface area contributed by atoms with E-state index >= 15 is 0 Å². The molecule has 3 aromatic rings. The molecule has 9 heteroatoms. The minimum atomic E-state index is -0.782. The first-order valence-corrected chi connectivity index (χ1v) is 11.1. The molecule has 7 nitrogen and oxygen atoms in total. The van der Waals surface area contributed by atoms with Crippen LogP contribution >= 0.6 is 23.2 Å². The van der Waals surface area contributed by atoms with E-state index in [4.69, 9.17) is 37.4 Å². The van der Waals surface area contributed by atoms with Crippen molar-refractivity contribution in [3.63, 3.8) is 0 Å². The van der Waals surface area contributed by atoms with E-state index in [9.17, 15) is 9.59 Å². The predicted molar refractivity (Wildman–Crippen MR) is 131 cm³/mol. The molecule has 0 aliphatic rings. The molecule has 1 unspecified atom stereocenters. The lowest BCUT2D eigenvalue weighted by Crippen LogP contribution is -2.35. The molecular formula is C25H22Cl2N2O5. The third kappa shape index (κ3) is 6.97. The van der Waals surface area contributed by atoms with Crippen LogP contribution in [0.3, 0.4) is 0 Å². The Morgan fingerprint density at radius 2 is 1.68 bits per heavy atom. The van der Waals surface area contributed by atoms with Gasteiger partial charge in [0.15, 0.2) is 6.10 Å². The molecule has 0 heterocycles. The largest absolute Gasteiger partial charge is 0.497 e. The maximum atomic E-state index is 12.4. The maximum absolute atomic E-state index is 12.4. The van der Waals surface area contributed by atoms with Crippen molar-refractivity contribution < 1.29 is 23.8 Å². The summed E-state index contributed by atoms with van der Waals surface area (Å²) in [5, 5.41) is 4.75. The molecule has 0 saturated heterocycles. The summed E-state index contributed by atoms with van der Waals surface area (Å²) in [6, 6.07) is 18.1. The standard InChI is InChI=1S/C25H22Cl2N2O5/c1-3-22(34-23-13-8-18(26)14-21(23)27)24(30)29-28-15-16-4-9-20(10-5-16)33-25(31)17-6-11-19(32-2)12-7-17/h4-15,22H,3H2,1-2H3,(H,29,30). The van der Waals surface area contributed by atoms with Crippen molar-refractivity contribution in [2.45, 2.75) is 19.4 Å². The Morgan fingerprint density at radius 3 is 2.29 bits per heavy atom. The molecule has 176 valence electrons. The Labute approximate surface area is 207 Å². The van der Waals surface area contributed by atoms with Crippen molar-refractivity contribution in [3.05, 3.63) is 87.9 Å². The number of hydrogen-bond acceptors (Lipinski definition) is 6. The highest BCUT2D eigenvalue weighted by Gasteiger charge is 2.19. The van der Waals surface area contributed by atoms with E-state index in [2.05, 4.69) is 10.5 Å². The molecule has 1 amide bonds. The molecule has 0 saturated carbocycles. The summed E-state index contributed by atoms with van der Waals surface area (Å²) >= 11 is 12.0. The zero-order chi connectivity index (χ0) is 24.5. The molecular weight excluding hydrogens is 479 g/mol. The number of nitrogens with zero attached hydrogens (tertiary/aromatic N) is 1. The molecule has 0 fully saturated rings. The van der Waals surface area contributed by atoms with Gasteiger partial charge in [-0.2, -0.15) is 5.10 Å². The highest BCUT2D eigenvalue weighted by atomic mass is 35.5. The van der Waals surface area contributed by atoms with E-state index in [0.29, 0.717) is 44.8 Å². The number of methoxy groups -OCH3 is 1. The van der Waals surface area contributed by atoms with E-state index in [-0.39, 0.29) is 0 Å². The summed E-state index contributed by atoms with van der Waals surface area (Å²) < 4.78 is 16.1. The van der Waals surface area contributed by atoms with Gasteiger partial charge in [0.2, 0.25) is 0 Å². The number of nitrogens with one attached hydrogen (secondary N) is 1. The number of carbonyl (C=O) groups is 2. The summed E-state index contributed by atoms with van der Waals surface area (Å²) in [5.74, 6) is 0.480. The average Bonchev–Trinajstić information content (AvgIpc) is 2.84. The molecule has 34 heavy (non-hydrogen) atoms. The van der Waals surface area contributed by atoms with Crippen molar-refractivity contribution >= 4 is 41.3 Å². The monoisotopic (exact) mass is 500 g/mol. The summed E-state index contributed by atoms with van der Waals surface area (Å²) in [5.41, 5.74) is 3.55. The van der Waals surface area contributed by atoms with Crippen molar-refractivity contribution in [2.75, 3.05) is 7.11 Å². The summed E-state index contributed by atoms with van der Waals surface area (Å²) in [4.78, 5) is 24.7. The van der Waals surface area contributed by atoms with Gasteiger partial charge in [-0.05, 0) is 78.7 Å². The molecule has 3 rings (SSSR count). The third-order valence-electron chi connectivity index (χ3n) is 4.63. The number of esters is 1. The Balaban J connectivity index is 1.53. The fourth-order valence-corrected chi connectivity index (χ4v) is 3.26. The SMILES string of the molecule is CCC(Oc1ccc(Cl)cc1Cl)C(=O)NN=Cc1ccc(OC(=O)c2ccc(OC)cc2)cc1. The van der Waals surface area contributed by atoms with Crippen LogP contribution in [0.5, 0.6) is 17.2 Å². The van der Waals surface area contributed by atoms with Gasteiger partial charge in [-0.1, -0.05) is 30.1 Å². The van der Waals surface area contributed by atoms with Crippen molar-refractivity contribution in [1.82, 2.24) is 5.43 Å². The van der Waals surface area contributed by atoms with Gasteiger partial charge in [0, 0.05) is 5.02 Å². The number of carbonyl (C=O) groups excluding carboxylic acids is 2. The Kier molecular flexibility index (Phi) is 8.90. The van der Waals surface area contributed by atoms with Crippen LogP contribution in [0.2, 0.25) is 10.0 Å². The lowest BCUT2D eigenvalue weighted by Gasteiger charge is -2.16. The molecule has 0 aromatic heterocycles. The zero-order valence-electron chi connectivity index (χ0n) is 18.5. The fourth-order valence-electron chi connectivity index (χ4n) is 2.80. The molecule has 0 aliphatic carbocycles. The van der Waals surface area contributed by atoms with Crippen LogP contribution in [-0.2, 0) is 4.79 Å². The van der Waals surface area contributed by atoms with Gasteiger partial charge in [0.05, 0.1) is 23.9 Å². The minimum Gasteiger partial charge on any atom is -0.497 e. The highest BCUT2D eigenvalue weighted by Crippen LogP contribution is 2.28. The molecule has 1 atom stereocenters. The Hall–Kier alpha value is -3.55. The first-order valence-electron chi connectivity index (χ1n) is 10.3. The second-order valence-corrected chi connectivity index (χ2v) is 7.85. The van der Waals surface area contributed by atoms with Crippen LogP contribution in [-0.4, -0.2) is 31.3 Å². The summed E-state index contributed by atoms with van der Waals surface area (Å²) in [6.45, 7) is 1.81. The van der Waals surface area contributed by atoms with Crippen molar-refractivity contribution in [3.8, 4) is 17.2 Å². The minimum absolute atomic E-state index is 0.315. The number of amides is 1. The van der Waals surface area contributed by atoms with E-state index in [0.717, 1.165) is 0 Å². The molecule has 0 aliphatic heterocycles. The van der Waals surface area contributed by atoms with Crippen LogP contribution in [0, 0.1) is 0 Å². The van der Waals surface area contributed by atoms with E-state index < -0.39 is 18.0 Å². The summed E-state index contributed by atoms with van der Waals surface area (Å²) in [7, 11) is 1.55. The highest BCUT2D eigenvalue weighted by molar-refractivity contribution is 6.35. The second kappa shape index (κ2) is 12.1. The van der Waals surface area contributed by atoms with Gasteiger partial charge in [-0.3, -0.25) is 4.79 Å². The fraction of sp³-hybridized carbons (Fsp3) is 0.160. The molecule has 1 N–H and O–H groups in total. The topological polar surface area (TPSA) is 86.2 Å². The normalized spacial score (nSPS) is 11.6. The zero-order valence-corrected chi connectivity index (χ0v) is 20.0. The van der Waals surface area contributed by atoms with E-state index in [1.807, 2.05) is 6.92 Å². The number of ether oxygens (including phenoxy) is 3. The second-order valence-electron chi connectivity index (χ2n) is 7.01. The molecule has 3 aromatic carbocycles. The first kappa shape index (κ1) is 25.1.